The molecule has 0 radical (unpaired) electrons. The van der Waals surface area contributed by atoms with Crippen molar-refractivity contribution in [3.63, 3.8) is 0 Å². The third-order valence-electron chi connectivity index (χ3n) is 2.57. The van der Waals surface area contributed by atoms with Crippen molar-refractivity contribution in [3.05, 3.63) is 29.3 Å². The van der Waals surface area contributed by atoms with E-state index in [9.17, 15) is 0 Å². The van der Waals surface area contributed by atoms with Crippen molar-refractivity contribution >= 4 is 17.2 Å². The van der Waals surface area contributed by atoms with E-state index in [2.05, 4.69) is 4.98 Å². The summed E-state index contributed by atoms with van der Waals surface area (Å²) in [6.45, 7) is 5.02. The molecule has 1 heterocycles. The summed E-state index contributed by atoms with van der Waals surface area (Å²) in [5, 5.41) is 9.96. The van der Waals surface area contributed by atoms with Crippen molar-refractivity contribution in [2.45, 2.75) is 13.8 Å². The van der Waals surface area contributed by atoms with Crippen LogP contribution >= 0.6 is 11.3 Å². The molecule has 0 atom stereocenters. The van der Waals surface area contributed by atoms with Crippen LogP contribution in [-0.2, 0) is 0 Å². The number of thiazole rings is 1. The molecule has 0 saturated heterocycles. The Kier molecular flexibility index (Phi) is 4.57. The number of ether oxygens (including phenoxy) is 2. The summed E-state index contributed by atoms with van der Waals surface area (Å²) in [5.41, 5.74) is 6.85. The first-order chi connectivity index (χ1) is 9.65. The van der Waals surface area contributed by atoms with Gasteiger partial charge in [-0.2, -0.15) is 0 Å². The van der Waals surface area contributed by atoms with E-state index in [0.717, 1.165) is 16.3 Å². The summed E-state index contributed by atoms with van der Waals surface area (Å²) in [4.78, 5) is 4.33. The number of nitrogens with zero attached hydrogens (tertiary/aromatic N) is 1. The number of nitrogen functional groups attached to an aromatic ring is 1. The van der Waals surface area contributed by atoms with Gasteiger partial charge < -0.3 is 15.2 Å². The van der Waals surface area contributed by atoms with Crippen LogP contribution in [0.15, 0.2) is 23.6 Å². The number of nitrogens with two attached hydrogens (primary N) is 1. The van der Waals surface area contributed by atoms with Crippen LogP contribution in [0.4, 0.5) is 0 Å². The van der Waals surface area contributed by atoms with Gasteiger partial charge in [-0.05, 0) is 32.0 Å². The molecule has 20 heavy (non-hydrogen) atoms. The molecule has 3 N–H and O–H groups in total. The Labute approximate surface area is 121 Å². The highest BCUT2D eigenvalue weighted by Gasteiger charge is 2.11. The monoisotopic (exact) mass is 291 g/mol. The molecule has 0 bridgehead atoms. The molecule has 5 nitrogen and oxygen atoms in total. The van der Waals surface area contributed by atoms with Crippen LogP contribution < -0.4 is 15.2 Å². The predicted octanol–water partition coefficient (Wildman–Crippen LogP) is 2.89. The number of amidine groups is 1. The number of hydrogen-bond acceptors (Lipinski definition) is 5. The number of benzene rings is 1. The highest BCUT2D eigenvalue weighted by atomic mass is 32.1. The van der Waals surface area contributed by atoms with E-state index in [1.54, 1.807) is 5.38 Å². The molecule has 1 aromatic carbocycles. The second-order valence-corrected chi connectivity index (χ2v) is 4.84. The van der Waals surface area contributed by atoms with Gasteiger partial charge in [-0.1, -0.05) is 0 Å². The molecule has 106 valence electrons. The summed E-state index contributed by atoms with van der Waals surface area (Å²) in [6, 6.07) is 5.70. The summed E-state index contributed by atoms with van der Waals surface area (Å²) in [5.74, 6) is 1.40. The van der Waals surface area contributed by atoms with Crippen molar-refractivity contribution < 1.29 is 9.47 Å². The molecule has 0 spiro atoms. The Morgan fingerprint density at radius 3 is 2.55 bits per heavy atom. The number of hydrogen-bond donors (Lipinski definition) is 2. The van der Waals surface area contributed by atoms with Gasteiger partial charge in [0.1, 0.15) is 16.5 Å². The topological polar surface area (TPSA) is 81.2 Å². The average molecular weight is 291 g/mol. The van der Waals surface area contributed by atoms with E-state index in [-0.39, 0.29) is 5.84 Å². The standard InChI is InChI=1S/C14H17N3O2S/c1-3-18-11-6-5-9(7-12(11)19-4-2)14-17-10(8-20-14)13(15)16/h5-8H,3-4H2,1-2H3,(H3,15,16). The zero-order valence-corrected chi connectivity index (χ0v) is 12.3. The summed E-state index contributed by atoms with van der Waals surface area (Å²) in [7, 11) is 0. The predicted molar refractivity (Wildman–Crippen MR) is 80.9 cm³/mol. The molecule has 2 rings (SSSR count). The molecule has 6 heteroatoms. The lowest BCUT2D eigenvalue weighted by molar-refractivity contribution is 0.288. The normalized spacial score (nSPS) is 10.3. The Balaban J connectivity index is 2.36. The maximum atomic E-state index is 7.39. The number of aromatic nitrogens is 1. The molecule has 0 aliphatic rings. The maximum Gasteiger partial charge on any atom is 0.161 e. The Morgan fingerprint density at radius 1 is 1.25 bits per heavy atom. The van der Waals surface area contributed by atoms with Gasteiger partial charge in [0.2, 0.25) is 0 Å². The van der Waals surface area contributed by atoms with Gasteiger partial charge in [-0.25, -0.2) is 4.98 Å². The minimum atomic E-state index is -0.0246. The van der Waals surface area contributed by atoms with Crippen molar-refractivity contribution in [1.82, 2.24) is 4.98 Å². The van der Waals surface area contributed by atoms with Gasteiger partial charge in [-0.15, -0.1) is 11.3 Å². The molecule has 0 amide bonds. The third kappa shape index (κ3) is 3.08. The average Bonchev–Trinajstić information content (AvgIpc) is 2.91. The Morgan fingerprint density at radius 2 is 1.95 bits per heavy atom. The fourth-order valence-corrected chi connectivity index (χ4v) is 2.53. The van der Waals surface area contributed by atoms with Crippen LogP contribution in [0.1, 0.15) is 19.5 Å². The van der Waals surface area contributed by atoms with Gasteiger partial charge in [0.25, 0.3) is 0 Å². The lowest BCUT2D eigenvalue weighted by Gasteiger charge is -2.11. The smallest absolute Gasteiger partial charge is 0.161 e. The first-order valence-corrected chi connectivity index (χ1v) is 7.23. The highest BCUT2D eigenvalue weighted by Crippen LogP contribution is 2.34. The van der Waals surface area contributed by atoms with Crippen LogP contribution in [0.5, 0.6) is 11.5 Å². The zero-order chi connectivity index (χ0) is 14.5. The van der Waals surface area contributed by atoms with Gasteiger partial charge >= 0.3 is 0 Å². The van der Waals surface area contributed by atoms with Crippen LogP contribution in [0, 0.1) is 5.41 Å². The molecule has 0 unspecified atom stereocenters. The lowest BCUT2D eigenvalue weighted by atomic mass is 10.2. The summed E-state index contributed by atoms with van der Waals surface area (Å²) in [6.07, 6.45) is 0. The van der Waals surface area contributed by atoms with Crippen LogP contribution in [-0.4, -0.2) is 24.0 Å². The fraction of sp³-hybridized carbons (Fsp3) is 0.286. The minimum absolute atomic E-state index is 0.0246. The maximum absolute atomic E-state index is 7.39. The minimum Gasteiger partial charge on any atom is -0.490 e. The van der Waals surface area contributed by atoms with Crippen LogP contribution in [0.2, 0.25) is 0 Å². The number of nitrogens with one attached hydrogen (secondary N) is 1. The Bertz CT molecular complexity index is 610. The molecule has 0 saturated carbocycles. The van der Waals surface area contributed by atoms with E-state index in [0.29, 0.717) is 24.7 Å². The molecular weight excluding hydrogens is 274 g/mol. The molecule has 0 aliphatic heterocycles. The number of rotatable bonds is 6. The van der Waals surface area contributed by atoms with Crippen molar-refractivity contribution in [2.75, 3.05) is 13.2 Å². The molecule has 2 aromatic rings. The molecular formula is C14H17N3O2S. The second-order valence-electron chi connectivity index (χ2n) is 3.98. The van der Waals surface area contributed by atoms with Crippen molar-refractivity contribution in [3.8, 4) is 22.1 Å². The van der Waals surface area contributed by atoms with Gasteiger partial charge in [0.05, 0.1) is 13.2 Å². The second kappa shape index (κ2) is 6.38. The zero-order valence-electron chi connectivity index (χ0n) is 11.5. The lowest BCUT2D eigenvalue weighted by Crippen LogP contribution is -2.11. The van der Waals surface area contributed by atoms with E-state index >= 15 is 0 Å². The van der Waals surface area contributed by atoms with Gasteiger partial charge in [-0.3, -0.25) is 5.41 Å². The van der Waals surface area contributed by atoms with E-state index in [1.807, 2.05) is 32.0 Å². The first kappa shape index (κ1) is 14.3. The summed E-state index contributed by atoms with van der Waals surface area (Å²) >= 11 is 1.45. The van der Waals surface area contributed by atoms with Crippen molar-refractivity contribution in [2.24, 2.45) is 5.73 Å². The molecule has 0 aliphatic carbocycles. The SMILES string of the molecule is CCOc1ccc(-c2nc(C(=N)N)cs2)cc1OCC. The van der Waals surface area contributed by atoms with E-state index < -0.39 is 0 Å². The van der Waals surface area contributed by atoms with Crippen LogP contribution in [0.25, 0.3) is 10.6 Å². The summed E-state index contributed by atoms with van der Waals surface area (Å²) < 4.78 is 11.1. The van der Waals surface area contributed by atoms with Gasteiger partial charge in [0.15, 0.2) is 11.5 Å². The third-order valence-corrected chi connectivity index (χ3v) is 3.46. The highest BCUT2D eigenvalue weighted by molar-refractivity contribution is 7.13. The Hall–Kier alpha value is -2.08. The quantitative estimate of drug-likeness (QED) is 0.633. The van der Waals surface area contributed by atoms with Crippen LogP contribution in [0.3, 0.4) is 0 Å². The first-order valence-electron chi connectivity index (χ1n) is 6.35. The van der Waals surface area contributed by atoms with E-state index in [1.165, 1.54) is 11.3 Å². The fourth-order valence-electron chi connectivity index (χ4n) is 1.71. The molecule has 0 fully saturated rings. The molecule has 1 aromatic heterocycles. The van der Waals surface area contributed by atoms with Crippen molar-refractivity contribution in [1.29, 1.82) is 5.41 Å². The van der Waals surface area contributed by atoms with E-state index in [4.69, 9.17) is 20.6 Å². The largest absolute Gasteiger partial charge is 0.490 e. The van der Waals surface area contributed by atoms with Gasteiger partial charge in [0, 0.05) is 10.9 Å².